The minimum Gasteiger partial charge on any atom is -0.354 e. The summed E-state index contributed by atoms with van der Waals surface area (Å²) in [7, 11) is 0. The van der Waals surface area contributed by atoms with Gasteiger partial charge in [-0.3, -0.25) is 19.7 Å². The Balaban J connectivity index is 1.56. The first kappa shape index (κ1) is 23.2. The number of nitrogens with one attached hydrogen (secondary N) is 2. The number of thiazole rings is 1. The fourth-order valence-electron chi connectivity index (χ4n) is 3.44. The summed E-state index contributed by atoms with van der Waals surface area (Å²) in [6, 6.07) is 4.78. The largest absolute Gasteiger partial charge is 0.354 e. The molecule has 1 atom stereocenters. The highest BCUT2D eigenvalue weighted by molar-refractivity contribution is 7.98. The molecule has 0 aliphatic heterocycles. The first-order valence-electron chi connectivity index (χ1n) is 10.3. The predicted molar refractivity (Wildman–Crippen MR) is 123 cm³/mol. The zero-order chi connectivity index (χ0) is 22.2. The highest BCUT2D eigenvalue weighted by Gasteiger charge is 2.22. The lowest BCUT2D eigenvalue weighted by atomic mass is 10.0. The zero-order valence-electron chi connectivity index (χ0n) is 17.4. The van der Waals surface area contributed by atoms with Crippen LogP contribution >= 0.6 is 23.1 Å². The molecule has 0 fully saturated rings. The number of amides is 2. The Labute approximate surface area is 189 Å². The fraction of sp³-hybridized carbons (Fsp3) is 0.476. The minimum absolute atomic E-state index is 0.157. The SMILES string of the molecule is CSCCC(NC(=O)c1cccc([N+](=O)[O-])c1)C(=O)NCCc1nc2c(s1)CCCC2. The van der Waals surface area contributed by atoms with Gasteiger partial charge in [0.05, 0.1) is 15.6 Å². The molecule has 1 aliphatic carbocycles. The molecule has 0 spiro atoms. The Morgan fingerprint density at radius 1 is 1.32 bits per heavy atom. The highest BCUT2D eigenvalue weighted by atomic mass is 32.2. The van der Waals surface area contributed by atoms with Crippen LogP contribution in [0.25, 0.3) is 0 Å². The molecule has 31 heavy (non-hydrogen) atoms. The van der Waals surface area contributed by atoms with Gasteiger partial charge in [0.2, 0.25) is 5.91 Å². The number of non-ortho nitro benzene ring substituents is 1. The molecule has 0 saturated carbocycles. The fourth-order valence-corrected chi connectivity index (χ4v) is 5.06. The Morgan fingerprint density at radius 2 is 2.13 bits per heavy atom. The number of aromatic nitrogens is 1. The first-order chi connectivity index (χ1) is 15.0. The van der Waals surface area contributed by atoms with Crippen LogP contribution in [0.4, 0.5) is 5.69 Å². The van der Waals surface area contributed by atoms with Crippen molar-refractivity contribution in [2.45, 2.75) is 44.6 Å². The molecule has 166 valence electrons. The van der Waals surface area contributed by atoms with E-state index in [1.807, 2.05) is 6.26 Å². The molecule has 3 rings (SSSR count). The van der Waals surface area contributed by atoms with Crippen molar-refractivity contribution in [1.29, 1.82) is 0 Å². The smallest absolute Gasteiger partial charge is 0.270 e. The molecule has 8 nitrogen and oxygen atoms in total. The van der Waals surface area contributed by atoms with E-state index in [-0.39, 0.29) is 17.2 Å². The Bertz CT molecular complexity index is 924. The summed E-state index contributed by atoms with van der Waals surface area (Å²) in [5.74, 6) is -0.0568. The second-order valence-corrected chi connectivity index (χ2v) is 9.49. The monoisotopic (exact) mass is 462 g/mol. The number of carbonyl (C=O) groups is 2. The van der Waals surface area contributed by atoms with Crippen LogP contribution in [0.15, 0.2) is 24.3 Å². The van der Waals surface area contributed by atoms with E-state index in [0.29, 0.717) is 25.1 Å². The molecule has 0 saturated heterocycles. The predicted octanol–water partition coefficient (Wildman–Crippen LogP) is 3.14. The maximum absolute atomic E-state index is 12.7. The summed E-state index contributed by atoms with van der Waals surface area (Å²) in [5, 5.41) is 17.6. The van der Waals surface area contributed by atoms with Gasteiger partial charge in [-0.15, -0.1) is 11.3 Å². The summed E-state index contributed by atoms with van der Waals surface area (Å²) >= 11 is 3.31. The molecular formula is C21H26N4O4S2. The number of benzene rings is 1. The number of rotatable bonds is 10. The van der Waals surface area contributed by atoms with Crippen LogP contribution in [0.1, 0.15) is 45.2 Å². The van der Waals surface area contributed by atoms with Crippen LogP contribution in [0.3, 0.4) is 0 Å². The number of fused-ring (bicyclic) bond motifs is 1. The van der Waals surface area contributed by atoms with Gasteiger partial charge in [0.1, 0.15) is 6.04 Å². The molecular weight excluding hydrogens is 436 g/mol. The van der Waals surface area contributed by atoms with Gasteiger partial charge in [0, 0.05) is 35.5 Å². The van der Waals surface area contributed by atoms with Crippen LogP contribution in [-0.2, 0) is 24.1 Å². The number of aryl methyl sites for hydroxylation is 2. The van der Waals surface area contributed by atoms with Crippen LogP contribution < -0.4 is 10.6 Å². The number of hydrogen-bond donors (Lipinski definition) is 2. The average Bonchev–Trinajstić information content (AvgIpc) is 3.19. The molecule has 1 heterocycles. The lowest BCUT2D eigenvalue weighted by molar-refractivity contribution is -0.384. The van der Waals surface area contributed by atoms with E-state index in [1.165, 1.54) is 47.7 Å². The molecule has 1 aromatic carbocycles. The third-order valence-corrected chi connectivity index (χ3v) is 6.94. The maximum Gasteiger partial charge on any atom is 0.270 e. The zero-order valence-corrected chi connectivity index (χ0v) is 19.0. The van der Waals surface area contributed by atoms with E-state index < -0.39 is 16.9 Å². The molecule has 2 aromatic rings. The van der Waals surface area contributed by atoms with E-state index in [2.05, 4.69) is 10.6 Å². The molecule has 0 bridgehead atoms. The van der Waals surface area contributed by atoms with Crippen molar-refractivity contribution < 1.29 is 14.5 Å². The summed E-state index contributed by atoms with van der Waals surface area (Å²) < 4.78 is 0. The van der Waals surface area contributed by atoms with Gasteiger partial charge in [-0.2, -0.15) is 11.8 Å². The molecule has 1 unspecified atom stereocenters. The molecule has 10 heteroatoms. The van der Waals surface area contributed by atoms with E-state index >= 15 is 0 Å². The number of nitro benzene ring substituents is 1. The lowest BCUT2D eigenvalue weighted by Crippen LogP contribution is -2.47. The molecule has 0 radical (unpaired) electrons. The Hall–Kier alpha value is -2.46. The van der Waals surface area contributed by atoms with E-state index in [9.17, 15) is 19.7 Å². The highest BCUT2D eigenvalue weighted by Crippen LogP contribution is 2.26. The van der Waals surface area contributed by atoms with Crippen molar-refractivity contribution in [2.24, 2.45) is 0 Å². The Morgan fingerprint density at radius 3 is 2.87 bits per heavy atom. The number of nitrogens with zero attached hydrogens (tertiary/aromatic N) is 2. The number of thioether (sulfide) groups is 1. The van der Waals surface area contributed by atoms with Crippen molar-refractivity contribution >= 4 is 40.6 Å². The third-order valence-electron chi connectivity index (χ3n) is 5.08. The number of hydrogen-bond acceptors (Lipinski definition) is 7. The van der Waals surface area contributed by atoms with Crippen LogP contribution in [-0.4, -0.2) is 46.3 Å². The minimum atomic E-state index is -0.705. The summed E-state index contributed by atoms with van der Waals surface area (Å²) in [6.07, 6.45) is 7.61. The summed E-state index contributed by atoms with van der Waals surface area (Å²) in [4.78, 5) is 41.8. The van der Waals surface area contributed by atoms with E-state index in [1.54, 1.807) is 23.1 Å². The average molecular weight is 463 g/mol. The quantitative estimate of drug-likeness (QED) is 0.414. The topological polar surface area (TPSA) is 114 Å². The van der Waals surface area contributed by atoms with Gasteiger partial charge in [-0.1, -0.05) is 6.07 Å². The Kier molecular flexibility index (Phi) is 8.42. The van der Waals surface area contributed by atoms with Gasteiger partial charge in [-0.25, -0.2) is 4.98 Å². The molecule has 2 N–H and O–H groups in total. The van der Waals surface area contributed by atoms with Crippen molar-refractivity contribution in [3.05, 3.63) is 55.5 Å². The summed E-state index contributed by atoms with van der Waals surface area (Å²) in [5.41, 5.74) is 1.20. The summed E-state index contributed by atoms with van der Waals surface area (Å²) in [6.45, 7) is 0.452. The second kappa shape index (κ2) is 11.2. The standard InChI is InChI=1S/C21H26N4O4S2/c1-30-12-10-17(24-20(26)14-5-4-6-15(13-14)25(28)29)21(27)22-11-9-19-23-16-7-2-3-8-18(16)31-19/h4-6,13,17H,2-3,7-12H2,1H3,(H,22,27)(H,24,26). The van der Waals surface area contributed by atoms with Crippen molar-refractivity contribution in [2.75, 3.05) is 18.6 Å². The van der Waals surface area contributed by atoms with Gasteiger partial charge in [-0.05, 0) is 50.2 Å². The molecule has 2 amide bonds. The number of carbonyl (C=O) groups excluding carboxylic acids is 2. The van der Waals surface area contributed by atoms with Gasteiger partial charge >= 0.3 is 0 Å². The maximum atomic E-state index is 12.7. The van der Waals surface area contributed by atoms with Crippen molar-refractivity contribution in [3.8, 4) is 0 Å². The van der Waals surface area contributed by atoms with Crippen molar-refractivity contribution in [1.82, 2.24) is 15.6 Å². The lowest BCUT2D eigenvalue weighted by Gasteiger charge is -2.18. The van der Waals surface area contributed by atoms with Gasteiger partial charge in [0.15, 0.2) is 0 Å². The van der Waals surface area contributed by atoms with Crippen LogP contribution in [0.2, 0.25) is 0 Å². The van der Waals surface area contributed by atoms with Gasteiger partial charge < -0.3 is 10.6 Å². The molecule has 1 aromatic heterocycles. The van der Waals surface area contributed by atoms with E-state index in [0.717, 1.165) is 17.8 Å². The first-order valence-corrected chi connectivity index (χ1v) is 12.5. The van der Waals surface area contributed by atoms with Crippen LogP contribution in [0.5, 0.6) is 0 Å². The van der Waals surface area contributed by atoms with E-state index in [4.69, 9.17) is 4.98 Å². The molecule has 1 aliphatic rings. The van der Waals surface area contributed by atoms with Crippen molar-refractivity contribution in [3.63, 3.8) is 0 Å². The van der Waals surface area contributed by atoms with Gasteiger partial charge in [0.25, 0.3) is 11.6 Å². The van der Waals surface area contributed by atoms with Crippen LogP contribution in [0, 0.1) is 10.1 Å². The second-order valence-electron chi connectivity index (χ2n) is 7.34. The third kappa shape index (κ3) is 6.51. The normalized spacial score (nSPS) is 13.8. The number of nitro groups is 1.